The van der Waals surface area contributed by atoms with E-state index in [0.29, 0.717) is 23.9 Å². The van der Waals surface area contributed by atoms with Crippen molar-refractivity contribution in [1.82, 2.24) is 4.90 Å². The maximum absolute atomic E-state index is 9.37. The van der Waals surface area contributed by atoms with E-state index in [2.05, 4.69) is 24.8 Å². The van der Waals surface area contributed by atoms with Gasteiger partial charge in [0.15, 0.2) is 0 Å². The summed E-state index contributed by atoms with van der Waals surface area (Å²) in [7, 11) is 0. The van der Waals surface area contributed by atoms with E-state index in [9.17, 15) is 5.26 Å². The predicted octanol–water partition coefficient (Wildman–Crippen LogP) is 1.60. The minimum Gasteiger partial charge on any atom is -0.329 e. The molecule has 2 rings (SSSR count). The molecule has 1 saturated heterocycles. The summed E-state index contributed by atoms with van der Waals surface area (Å²) in [6.45, 7) is 7.23. The lowest BCUT2D eigenvalue weighted by atomic mass is 9.53. The highest BCUT2D eigenvalue weighted by Gasteiger charge is 2.51. The Kier molecular flexibility index (Phi) is 3.23. The normalized spacial score (nSPS) is 35.4. The number of nitrogens with zero attached hydrogens (tertiary/aromatic N) is 2. The molecule has 3 nitrogen and oxygen atoms in total. The van der Waals surface area contributed by atoms with Crippen LogP contribution in [0.25, 0.3) is 0 Å². The molecule has 3 atom stereocenters. The van der Waals surface area contributed by atoms with Gasteiger partial charge in [0, 0.05) is 25.7 Å². The molecular formula is C13H23N3. The highest BCUT2D eigenvalue weighted by molar-refractivity contribution is 5.09. The zero-order valence-corrected chi connectivity index (χ0v) is 10.4. The molecule has 1 aliphatic heterocycles. The molecule has 0 aromatic heterocycles. The fourth-order valence-corrected chi connectivity index (χ4v) is 3.47. The first kappa shape index (κ1) is 11.9. The third-order valence-electron chi connectivity index (χ3n) is 5.01. The minimum atomic E-state index is 0.221. The average Bonchev–Trinajstić information content (AvgIpc) is 2.24. The molecule has 2 fully saturated rings. The van der Waals surface area contributed by atoms with Crippen LogP contribution in [0.2, 0.25) is 0 Å². The van der Waals surface area contributed by atoms with Crippen molar-refractivity contribution in [3.63, 3.8) is 0 Å². The molecule has 0 aromatic rings. The van der Waals surface area contributed by atoms with Gasteiger partial charge in [0.2, 0.25) is 0 Å². The Morgan fingerprint density at radius 3 is 2.62 bits per heavy atom. The Bertz CT molecular complexity index is 290. The molecule has 1 aliphatic carbocycles. The first-order chi connectivity index (χ1) is 7.64. The summed E-state index contributed by atoms with van der Waals surface area (Å²) in [6, 6.07) is 2.97. The van der Waals surface area contributed by atoms with Gasteiger partial charge in [-0.2, -0.15) is 5.26 Å². The van der Waals surface area contributed by atoms with Crippen LogP contribution >= 0.6 is 0 Å². The molecule has 2 aliphatic rings. The Hall–Kier alpha value is -0.590. The first-order valence-corrected chi connectivity index (χ1v) is 6.48. The van der Waals surface area contributed by atoms with Crippen molar-refractivity contribution in [3.05, 3.63) is 0 Å². The second-order valence-electron chi connectivity index (χ2n) is 5.71. The minimum absolute atomic E-state index is 0.221. The van der Waals surface area contributed by atoms with Crippen LogP contribution in [0.1, 0.15) is 33.1 Å². The predicted molar refractivity (Wildman–Crippen MR) is 64.6 cm³/mol. The Labute approximate surface area is 98.6 Å². The summed E-state index contributed by atoms with van der Waals surface area (Å²) in [5.41, 5.74) is 6.07. The van der Waals surface area contributed by atoms with Gasteiger partial charge in [-0.3, -0.25) is 4.90 Å². The summed E-state index contributed by atoms with van der Waals surface area (Å²) < 4.78 is 0. The lowest BCUT2D eigenvalue weighted by Crippen LogP contribution is -2.58. The van der Waals surface area contributed by atoms with Crippen LogP contribution in [-0.2, 0) is 0 Å². The summed E-state index contributed by atoms with van der Waals surface area (Å²) in [5, 5.41) is 9.37. The molecule has 2 N–H and O–H groups in total. The maximum Gasteiger partial charge on any atom is 0.0675 e. The quantitative estimate of drug-likeness (QED) is 0.770. The number of piperidine rings is 1. The number of nitrogens with two attached hydrogens (primary N) is 1. The van der Waals surface area contributed by atoms with Gasteiger partial charge in [0.1, 0.15) is 0 Å². The molecule has 0 radical (unpaired) electrons. The zero-order chi connectivity index (χ0) is 11.8. The standard InChI is InChI=1S/C13H23N3/c1-10-8-16(11(2)6-14)9-12(7-15)13(10)4-3-5-13/h10-12H,3-6,8-9,14H2,1-2H3. The molecule has 1 saturated carbocycles. The van der Waals surface area contributed by atoms with E-state index in [1.165, 1.54) is 19.3 Å². The van der Waals surface area contributed by atoms with Crippen molar-refractivity contribution in [3.8, 4) is 6.07 Å². The monoisotopic (exact) mass is 221 g/mol. The van der Waals surface area contributed by atoms with Gasteiger partial charge in [0.05, 0.1) is 12.0 Å². The van der Waals surface area contributed by atoms with Gasteiger partial charge in [0.25, 0.3) is 0 Å². The van der Waals surface area contributed by atoms with E-state index in [0.717, 1.165) is 13.1 Å². The molecule has 0 amide bonds. The second-order valence-corrected chi connectivity index (χ2v) is 5.71. The van der Waals surface area contributed by atoms with E-state index in [-0.39, 0.29) is 5.92 Å². The molecule has 16 heavy (non-hydrogen) atoms. The Balaban J connectivity index is 2.11. The SMILES string of the molecule is CC(CN)N1CC(C)C2(CCC2)C(C#N)C1. The number of hydrogen-bond acceptors (Lipinski definition) is 3. The molecule has 90 valence electrons. The van der Waals surface area contributed by atoms with Crippen molar-refractivity contribution in [1.29, 1.82) is 5.26 Å². The molecule has 3 heteroatoms. The topological polar surface area (TPSA) is 53.0 Å². The van der Waals surface area contributed by atoms with Crippen LogP contribution in [0.5, 0.6) is 0 Å². The summed E-state index contributed by atoms with van der Waals surface area (Å²) in [4.78, 5) is 2.40. The fraction of sp³-hybridized carbons (Fsp3) is 0.923. The van der Waals surface area contributed by atoms with E-state index >= 15 is 0 Å². The van der Waals surface area contributed by atoms with Gasteiger partial charge in [-0.15, -0.1) is 0 Å². The van der Waals surface area contributed by atoms with Crippen LogP contribution in [0.15, 0.2) is 0 Å². The number of likely N-dealkylation sites (tertiary alicyclic amines) is 1. The highest BCUT2D eigenvalue weighted by Crippen LogP contribution is 2.55. The van der Waals surface area contributed by atoms with Crippen molar-refractivity contribution in [2.24, 2.45) is 23.0 Å². The second kappa shape index (κ2) is 4.35. The van der Waals surface area contributed by atoms with Crippen LogP contribution in [0.4, 0.5) is 0 Å². The summed E-state index contributed by atoms with van der Waals surface area (Å²) in [6.07, 6.45) is 3.84. The van der Waals surface area contributed by atoms with Gasteiger partial charge in [-0.25, -0.2) is 0 Å². The molecule has 1 heterocycles. The van der Waals surface area contributed by atoms with Crippen LogP contribution in [-0.4, -0.2) is 30.6 Å². The first-order valence-electron chi connectivity index (χ1n) is 6.48. The lowest BCUT2D eigenvalue weighted by molar-refractivity contribution is -0.0635. The van der Waals surface area contributed by atoms with Crippen molar-refractivity contribution >= 4 is 0 Å². The van der Waals surface area contributed by atoms with Gasteiger partial charge in [-0.05, 0) is 31.1 Å². The molecule has 0 bridgehead atoms. The van der Waals surface area contributed by atoms with E-state index in [1.807, 2.05) is 0 Å². The van der Waals surface area contributed by atoms with Gasteiger partial charge in [-0.1, -0.05) is 13.3 Å². The lowest BCUT2D eigenvalue weighted by Gasteiger charge is -2.56. The van der Waals surface area contributed by atoms with Crippen LogP contribution < -0.4 is 5.73 Å². The Morgan fingerprint density at radius 2 is 2.19 bits per heavy atom. The number of rotatable bonds is 2. The van der Waals surface area contributed by atoms with E-state index in [4.69, 9.17) is 5.73 Å². The highest BCUT2D eigenvalue weighted by atomic mass is 15.2. The zero-order valence-electron chi connectivity index (χ0n) is 10.4. The van der Waals surface area contributed by atoms with E-state index < -0.39 is 0 Å². The number of hydrogen-bond donors (Lipinski definition) is 1. The summed E-state index contributed by atoms with van der Waals surface area (Å²) in [5.74, 6) is 0.868. The smallest absolute Gasteiger partial charge is 0.0675 e. The fourth-order valence-electron chi connectivity index (χ4n) is 3.47. The van der Waals surface area contributed by atoms with Crippen molar-refractivity contribution in [2.45, 2.75) is 39.2 Å². The molecular weight excluding hydrogens is 198 g/mol. The van der Waals surface area contributed by atoms with Crippen LogP contribution in [0, 0.1) is 28.6 Å². The Morgan fingerprint density at radius 1 is 1.50 bits per heavy atom. The van der Waals surface area contributed by atoms with E-state index in [1.54, 1.807) is 0 Å². The van der Waals surface area contributed by atoms with Crippen LogP contribution in [0.3, 0.4) is 0 Å². The third-order valence-corrected chi connectivity index (χ3v) is 5.01. The molecule has 0 aromatic carbocycles. The largest absolute Gasteiger partial charge is 0.329 e. The maximum atomic E-state index is 9.37. The van der Waals surface area contributed by atoms with Crippen molar-refractivity contribution < 1.29 is 0 Å². The average molecular weight is 221 g/mol. The van der Waals surface area contributed by atoms with Gasteiger partial charge >= 0.3 is 0 Å². The summed E-state index contributed by atoms with van der Waals surface area (Å²) >= 11 is 0. The van der Waals surface area contributed by atoms with Crippen molar-refractivity contribution in [2.75, 3.05) is 19.6 Å². The number of nitriles is 1. The van der Waals surface area contributed by atoms with Gasteiger partial charge < -0.3 is 5.73 Å². The molecule has 3 unspecified atom stereocenters. The third kappa shape index (κ3) is 1.65. The molecule has 1 spiro atoms.